The molecule has 2 fully saturated rings. The number of nitrogens with one attached hydrogen (secondary N) is 2. The van der Waals surface area contributed by atoms with Crippen LogP contribution in [0.25, 0.3) is 11.0 Å². The number of fused-ring (bicyclic) bond motifs is 1. The molecule has 7 nitrogen and oxygen atoms in total. The predicted octanol–water partition coefficient (Wildman–Crippen LogP) is 3.45. The van der Waals surface area contributed by atoms with Gasteiger partial charge in [0.15, 0.2) is 0 Å². The maximum atomic E-state index is 14.4. The van der Waals surface area contributed by atoms with E-state index in [-0.39, 0.29) is 22.8 Å². The first-order chi connectivity index (χ1) is 15.0. The molecular formula is C23H23FN6O. The van der Waals surface area contributed by atoms with Gasteiger partial charge in [-0.25, -0.2) is 14.4 Å². The Labute approximate surface area is 179 Å². The molecule has 1 spiro atoms. The lowest BCUT2D eigenvalue weighted by atomic mass is 9.81. The van der Waals surface area contributed by atoms with Gasteiger partial charge in [0.2, 0.25) is 5.91 Å². The number of hydrogen-bond donors (Lipinski definition) is 2. The molecule has 3 heterocycles. The van der Waals surface area contributed by atoms with Gasteiger partial charge in [0.1, 0.15) is 23.6 Å². The number of carbonyl (C=O) groups is 1. The van der Waals surface area contributed by atoms with Crippen LogP contribution in [-0.4, -0.2) is 33.9 Å². The first-order valence-corrected chi connectivity index (χ1v) is 10.5. The van der Waals surface area contributed by atoms with Gasteiger partial charge in [-0.2, -0.15) is 5.26 Å². The monoisotopic (exact) mass is 418 g/mol. The van der Waals surface area contributed by atoms with Crippen LogP contribution in [0, 0.1) is 28.5 Å². The Kier molecular flexibility index (Phi) is 4.62. The lowest BCUT2D eigenvalue weighted by Crippen LogP contribution is -2.48. The molecular weight excluding hydrogens is 395 g/mol. The molecule has 1 amide bonds. The van der Waals surface area contributed by atoms with Crippen molar-refractivity contribution in [2.75, 3.05) is 18.0 Å². The minimum atomic E-state index is -0.470. The highest BCUT2D eigenvalue weighted by molar-refractivity contribution is 5.88. The fourth-order valence-electron chi connectivity index (χ4n) is 4.87. The Morgan fingerprint density at radius 3 is 2.97 bits per heavy atom. The summed E-state index contributed by atoms with van der Waals surface area (Å²) in [6.07, 6.45) is 6.16. The number of rotatable bonds is 4. The van der Waals surface area contributed by atoms with E-state index in [1.807, 2.05) is 18.3 Å². The minimum Gasteiger partial charge on any atom is -0.355 e. The number of piperidine rings is 1. The molecule has 2 N–H and O–H groups in total. The quantitative estimate of drug-likeness (QED) is 0.676. The molecule has 2 atom stereocenters. The van der Waals surface area contributed by atoms with E-state index in [9.17, 15) is 9.18 Å². The highest BCUT2D eigenvalue weighted by Crippen LogP contribution is 2.56. The molecule has 3 aromatic rings. The molecule has 1 saturated heterocycles. The van der Waals surface area contributed by atoms with Gasteiger partial charge in [-0.3, -0.25) is 4.79 Å². The van der Waals surface area contributed by atoms with Gasteiger partial charge in [0.25, 0.3) is 0 Å². The number of amides is 1. The lowest BCUT2D eigenvalue weighted by Gasteiger charge is -2.39. The van der Waals surface area contributed by atoms with Crippen LogP contribution >= 0.6 is 0 Å². The van der Waals surface area contributed by atoms with Crippen molar-refractivity contribution in [3.63, 3.8) is 0 Å². The Balaban J connectivity index is 1.30. The molecule has 1 aromatic carbocycles. The predicted molar refractivity (Wildman–Crippen MR) is 114 cm³/mol. The van der Waals surface area contributed by atoms with Crippen LogP contribution in [0.2, 0.25) is 0 Å². The number of anilines is 1. The summed E-state index contributed by atoms with van der Waals surface area (Å²) in [6, 6.07) is 7.81. The van der Waals surface area contributed by atoms with Gasteiger partial charge in [-0.1, -0.05) is 6.07 Å². The molecule has 1 aliphatic heterocycles. The summed E-state index contributed by atoms with van der Waals surface area (Å²) in [6.45, 7) is 3.29. The average Bonchev–Trinajstić information content (AvgIpc) is 3.34. The van der Waals surface area contributed by atoms with E-state index in [1.165, 1.54) is 6.07 Å². The van der Waals surface area contributed by atoms with Crippen LogP contribution < -0.4 is 10.2 Å². The van der Waals surface area contributed by atoms with Crippen molar-refractivity contribution < 1.29 is 9.18 Å². The van der Waals surface area contributed by atoms with E-state index in [0.717, 1.165) is 49.2 Å². The number of aromatic amines is 1. The molecule has 0 unspecified atom stereocenters. The Morgan fingerprint density at radius 2 is 2.23 bits per heavy atom. The zero-order valence-corrected chi connectivity index (χ0v) is 17.2. The van der Waals surface area contributed by atoms with Crippen LogP contribution in [0.5, 0.6) is 0 Å². The van der Waals surface area contributed by atoms with E-state index in [2.05, 4.69) is 25.2 Å². The molecule has 2 aliphatic rings. The van der Waals surface area contributed by atoms with E-state index >= 15 is 0 Å². The van der Waals surface area contributed by atoms with Crippen molar-refractivity contribution in [2.24, 2.45) is 11.3 Å². The molecule has 2 aromatic heterocycles. The van der Waals surface area contributed by atoms with Gasteiger partial charge in [0, 0.05) is 30.8 Å². The zero-order valence-electron chi connectivity index (χ0n) is 17.2. The Hall–Kier alpha value is -3.47. The second kappa shape index (κ2) is 7.34. The zero-order chi connectivity index (χ0) is 21.6. The third-order valence-corrected chi connectivity index (χ3v) is 6.73. The van der Waals surface area contributed by atoms with Crippen molar-refractivity contribution in [2.45, 2.75) is 32.2 Å². The topological polar surface area (TPSA) is 97.7 Å². The summed E-state index contributed by atoms with van der Waals surface area (Å²) in [4.78, 5) is 27.3. The van der Waals surface area contributed by atoms with Crippen molar-refractivity contribution in [3.8, 4) is 6.07 Å². The number of hydrogen-bond acceptors (Lipinski definition) is 5. The van der Waals surface area contributed by atoms with E-state index in [4.69, 9.17) is 5.26 Å². The molecule has 31 heavy (non-hydrogen) atoms. The van der Waals surface area contributed by atoms with Gasteiger partial charge >= 0.3 is 0 Å². The third-order valence-electron chi connectivity index (χ3n) is 6.73. The molecule has 5 rings (SSSR count). The summed E-state index contributed by atoms with van der Waals surface area (Å²) < 4.78 is 14.4. The molecule has 1 saturated carbocycles. The van der Waals surface area contributed by atoms with E-state index in [0.29, 0.717) is 5.56 Å². The molecule has 1 aliphatic carbocycles. The van der Waals surface area contributed by atoms with E-state index < -0.39 is 11.9 Å². The fourth-order valence-corrected chi connectivity index (χ4v) is 4.87. The van der Waals surface area contributed by atoms with Gasteiger partial charge in [-0.15, -0.1) is 0 Å². The second-order valence-electron chi connectivity index (χ2n) is 8.64. The fraction of sp³-hybridized carbons (Fsp3) is 0.391. The highest BCUT2D eigenvalue weighted by atomic mass is 19.1. The smallest absolute Gasteiger partial charge is 0.224 e. The number of halogens is 1. The van der Waals surface area contributed by atoms with Crippen LogP contribution in [0.1, 0.15) is 43.4 Å². The summed E-state index contributed by atoms with van der Waals surface area (Å²) >= 11 is 0. The Bertz CT molecular complexity index is 1190. The summed E-state index contributed by atoms with van der Waals surface area (Å²) in [5.41, 5.74) is 1.42. The number of nitriles is 1. The molecule has 0 bridgehead atoms. The number of carbonyl (C=O) groups excluding carboxylic acids is 1. The third kappa shape index (κ3) is 3.40. The van der Waals surface area contributed by atoms with E-state index in [1.54, 1.807) is 25.4 Å². The summed E-state index contributed by atoms with van der Waals surface area (Å²) in [5.74, 6) is 0.311. The first kappa shape index (κ1) is 19.5. The molecule has 0 radical (unpaired) electrons. The van der Waals surface area contributed by atoms with Gasteiger partial charge in [-0.05, 0) is 49.8 Å². The van der Waals surface area contributed by atoms with Crippen molar-refractivity contribution in [3.05, 3.63) is 53.7 Å². The number of aromatic nitrogens is 3. The maximum Gasteiger partial charge on any atom is 0.224 e. The second-order valence-corrected chi connectivity index (χ2v) is 8.64. The number of benzene rings is 1. The molecule has 158 valence electrons. The standard InChI is InChI=1S/C23H23FN6O/c1-14(16-3-2-15(11-25)10-19(16)24)29-22(31)18-5-9-30(12-23(18)6-7-23)21-17-4-8-26-20(17)27-13-28-21/h2-4,8,10,13-14,18H,5-7,9,12H2,1H3,(H,29,31)(H,26,27,28)/t14-,18-/m1/s1. The minimum absolute atomic E-state index is 0.0251. The average molecular weight is 418 g/mol. The van der Waals surface area contributed by atoms with Gasteiger partial charge < -0.3 is 15.2 Å². The van der Waals surface area contributed by atoms with Crippen molar-refractivity contribution >= 4 is 22.8 Å². The largest absolute Gasteiger partial charge is 0.355 e. The SMILES string of the molecule is C[C@@H](NC(=O)[C@H]1CCN(c2ncnc3[nH]ccc23)CC12CC2)c1ccc(C#N)cc1F. The van der Waals surface area contributed by atoms with Gasteiger partial charge in [0.05, 0.1) is 23.1 Å². The first-order valence-electron chi connectivity index (χ1n) is 10.5. The lowest BCUT2D eigenvalue weighted by molar-refractivity contribution is -0.128. The van der Waals surface area contributed by atoms with Crippen LogP contribution in [0.3, 0.4) is 0 Å². The summed E-state index contributed by atoms with van der Waals surface area (Å²) in [7, 11) is 0. The molecule has 8 heteroatoms. The van der Waals surface area contributed by atoms with Crippen molar-refractivity contribution in [1.82, 2.24) is 20.3 Å². The maximum absolute atomic E-state index is 14.4. The number of nitrogens with zero attached hydrogens (tertiary/aromatic N) is 4. The Morgan fingerprint density at radius 1 is 1.39 bits per heavy atom. The van der Waals surface area contributed by atoms with Crippen molar-refractivity contribution in [1.29, 1.82) is 5.26 Å². The summed E-state index contributed by atoms with van der Waals surface area (Å²) in [5, 5.41) is 12.9. The van der Waals surface area contributed by atoms with Crippen LogP contribution in [0.4, 0.5) is 10.2 Å². The number of H-pyrrole nitrogens is 1. The highest BCUT2D eigenvalue weighted by Gasteiger charge is 2.55. The van der Waals surface area contributed by atoms with Crippen LogP contribution in [-0.2, 0) is 4.79 Å². The van der Waals surface area contributed by atoms with Crippen LogP contribution in [0.15, 0.2) is 36.8 Å². The normalized spacial score (nSPS) is 20.4.